The van der Waals surface area contributed by atoms with Gasteiger partial charge in [0.1, 0.15) is 5.60 Å². The van der Waals surface area contributed by atoms with Crippen molar-refractivity contribution in [3.8, 4) is 0 Å². The lowest BCUT2D eigenvalue weighted by Crippen LogP contribution is -2.50. The molecule has 10 heteroatoms. The van der Waals surface area contributed by atoms with E-state index < -0.39 is 28.3 Å². The zero-order valence-corrected chi connectivity index (χ0v) is 22.6. The Morgan fingerprint density at radius 1 is 1.11 bits per heavy atom. The van der Waals surface area contributed by atoms with Gasteiger partial charge in [0, 0.05) is 65.1 Å². The molecule has 2 heterocycles. The third-order valence-electron chi connectivity index (χ3n) is 7.00. The molecule has 2 aliphatic rings. The largest absolute Gasteiger partial charge is 0.443 e. The number of piperazine rings is 1. The first kappa shape index (κ1) is 25.3. The Morgan fingerprint density at radius 2 is 1.81 bits per heavy atom. The number of hydrogen-bond donors (Lipinski definition) is 3. The summed E-state index contributed by atoms with van der Waals surface area (Å²) in [6.07, 6.45) is -0.700. The fourth-order valence-corrected chi connectivity index (χ4v) is 5.99. The van der Waals surface area contributed by atoms with E-state index in [1.54, 1.807) is 25.1 Å². The van der Waals surface area contributed by atoms with Gasteiger partial charge in [0.15, 0.2) is 5.78 Å². The molecular formula is C27H33N5O4S. The highest BCUT2D eigenvalue weighted by Crippen LogP contribution is 2.45. The summed E-state index contributed by atoms with van der Waals surface area (Å²) in [5.41, 5.74) is 10.7. The number of aromatic nitrogens is 1. The molecule has 5 rings (SSSR count). The van der Waals surface area contributed by atoms with Crippen molar-refractivity contribution in [1.82, 2.24) is 14.0 Å². The van der Waals surface area contributed by atoms with Gasteiger partial charge < -0.3 is 20.4 Å². The number of carbonyl (C=O) groups excluding carboxylic acids is 2. The van der Waals surface area contributed by atoms with Crippen LogP contribution in [-0.4, -0.2) is 57.2 Å². The van der Waals surface area contributed by atoms with Gasteiger partial charge in [-0.05, 0) is 56.7 Å². The highest BCUT2D eigenvalue weighted by molar-refractivity contribution is 7.81. The van der Waals surface area contributed by atoms with E-state index in [1.807, 2.05) is 30.3 Å². The monoisotopic (exact) mass is 523 g/mol. The van der Waals surface area contributed by atoms with E-state index in [0.29, 0.717) is 43.0 Å². The minimum Gasteiger partial charge on any atom is -0.443 e. The van der Waals surface area contributed by atoms with Gasteiger partial charge in [-0.15, -0.1) is 0 Å². The molecule has 1 saturated heterocycles. The van der Waals surface area contributed by atoms with E-state index in [-0.39, 0.29) is 5.78 Å². The van der Waals surface area contributed by atoms with Crippen LogP contribution in [0.2, 0.25) is 0 Å². The van der Waals surface area contributed by atoms with E-state index in [9.17, 15) is 13.8 Å². The Kier molecular flexibility index (Phi) is 6.07. The number of anilines is 2. The number of nitrogens with two attached hydrogens (primary N) is 1. The lowest BCUT2D eigenvalue weighted by Gasteiger charge is -2.37. The molecule has 1 aromatic heterocycles. The summed E-state index contributed by atoms with van der Waals surface area (Å²) in [7, 11) is 0. The second-order valence-corrected chi connectivity index (χ2v) is 12.4. The smallest absolute Gasteiger partial charge is 0.420 e. The van der Waals surface area contributed by atoms with Gasteiger partial charge in [0.05, 0.1) is 5.56 Å². The van der Waals surface area contributed by atoms with Gasteiger partial charge >= 0.3 is 6.09 Å². The third kappa shape index (κ3) is 4.59. The molecule has 1 atom stereocenters. The van der Waals surface area contributed by atoms with Crippen molar-refractivity contribution in [1.29, 1.82) is 0 Å². The molecule has 1 aliphatic heterocycles. The lowest BCUT2D eigenvalue weighted by molar-refractivity contribution is 0.0569. The Morgan fingerprint density at radius 3 is 2.49 bits per heavy atom. The number of hydrogen-bond acceptors (Lipinski definition) is 6. The highest BCUT2D eigenvalue weighted by Gasteiger charge is 2.40. The average molecular weight is 524 g/mol. The summed E-state index contributed by atoms with van der Waals surface area (Å²) in [4.78, 5) is 31.2. The number of aromatic amines is 1. The summed E-state index contributed by atoms with van der Waals surface area (Å²) in [6, 6.07) is 11.6. The van der Waals surface area contributed by atoms with E-state index in [1.165, 1.54) is 0 Å². The van der Waals surface area contributed by atoms with E-state index in [0.717, 1.165) is 27.8 Å². The molecule has 2 aromatic carbocycles. The first-order chi connectivity index (χ1) is 17.3. The van der Waals surface area contributed by atoms with Crippen LogP contribution < -0.4 is 15.4 Å². The van der Waals surface area contributed by atoms with Gasteiger partial charge in [0.2, 0.25) is 11.2 Å². The number of fused-ring (bicyclic) bond motifs is 4. The molecule has 1 aliphatic carbocycles. The van der Waals surface area contributed by atoms with E-state index >= 15 is 0 Å². The van der Waals surface area contributed by atoms with Crippen molar-refractivity contribution in [2.24, 2.45) is 0 Å². The second-order valence-electron chi connectivity index (χ2n) is 11.1. The van der Waals surface area contributed by atoms with Crippen molar-refractivity contribution >= 4 is 45.3 Å². The zero-order valence-electron chi connectivity index (χ0n) is 21.8. The fourth-order valence-electron chi connectivity index (χ4n) is 5.18. The quantitative estimate of drug-likeness (QED) is 0.449. The molecule has 1 unspecified atom stereocenters. The Labute approximate surface area is 219 Å². The Bertz CT molecular complexity index is 1430. The molecule has 0 bridgehead atoms. The molecule has 4 N–H and O–H groups in total. The van der Waals surface area contributed by atoms with Crippen molar-refractivity contribution in [3.05, 3.63) is 58.8 Å². The number of rotatable bonds is 3. The SMILES string of the molecule is CC(C)(C)OC(=O)NS(=O)N1CCN(c2ccc3c(c2)C(C)(C)c2[nH]c4cc(N)ccc4c2C3=O)CC1. The summed E-state index contributed by atoms with van der Waals surface area (Å²) in [5.74, 6) is 0.0142. The van der Waals surface area contributed by atoms with Crippen molar-refractivity contribution in [2.45, 2.75) is 45.6 Å². The molecular weight excluding hydrogens is 490 g/mol. The molecule has 0 radical (unpaired) electrons. The van der Waals surface area contributed by atoms with Crippen LogP contribution in [0.5, 0.6) is 0 Å². The van der Waals surface area contributed by atoms with Crippen LogP contribution >= 0.6 is 0 Å². The molecule has 37 heavy (non-hydrogen) atoms. The van der Waals surface area contributed by atoms with Crippen LogP contribution in [-0.2, 0) is 21.3 Å². The number of ether oxygens (including phenoxy) is 1. The number of nitrogen functional groups attached to an aromatic ring is 1. The maximum Gasteiger partial charge on any atom is 0.420 e. The minimum absolute atomic E-state index is 0.0142. The number of nitrogens with zero attached hydrogens (tertiary/aromatic N) is 2. The Hall–Kier alpha value is -3.37. The van der Waals surface area contributed by atoms with Gasteiger partial charge in [-0.1, -0.05) is 19.9 Å². The predicted octanol–water partition coefficient (Wildman–Crippen LogP) is 3.85. The number of nitrogens with one attached hydrogen (secondary N) is 2. The maximum absolute atomic E-state index is 13.6. The van der Waals surface area contributed by atoms with Crippen LogP contribution in [0.4, 0.5) is 16.2 Å². The van der Waals surface area contributed by atoms with Crippen LogP contribution in [0.25, 0.3) is 10.9 Å². The van der Waals surface area contributed by atoms with Crippen LogP contribution in [0.3, 0.4) is 0 Å². The van der Waals surface area contributed by atoms with Crippen LogP contribution in [0, 0.1) is 0 Å². The second kappa shape index (κ2) is 8.88. The molecule has 1 fully saturated rings. The molecule has 1 amide bonds. The van der Waals surface area contributed by atoms with E-state index in [4.69, 9.17) is 10.5 Å². The van der Waals surface area contributed by atoms with Gasteiger partial charge in [0.25, 0.3) is 0 Å². The van der Waals surface area contributed by atoms with Gasteiger partial charge in [-0.3, -0.25) is 4.79 Å². The standard InChI is InChI=1S/C27H33N5O4S/c1-26(2,3)36-25(34)30-37(35)32-12-10-31(11-13-32)17-7-9-18-20(15-17)27(4,5)24-22(23(18)33)19-8-6-16(28)14-21(19)29-24/h6-9,14-15,29H,10-13,28H2,1-5H3,(H,30,34). The zero-order chi connectivity index (χ0) is 26.7. The van der Waals surface area contributed by atoms with Crippen LogP contribution in [0.15, 0.2) is 36.4 Å². The topological polar surface area (TPSA) is 121 Å². The van der Waals surface area contributed by atoms with Crippen LogP contribution in [0.1, 0.15) is 61.8 Å². The predicted molar refractivity (Wildman–Crippen MR) is 146 cm³/mol. The summed E-state index contributed by atoms with van der Waals surface area (Å²) in [6.45, 7) is 11.8. The van der Waals surface area contributed by atoms with Gasteiger partial charge in [-0.2, -0.15) is 0 Å². The number of amides is 1. The number of H-pyrrole nitrogens is 1. The number of ketones is 1. The normalized spacial score (nSPS) is 18.3. The van der Waals surface area contributed by atoms with E-state index in [2.05, 4.69) is 34.5 Å². The summed E-state index contributed by atoms with van der Waals surface area (Å²) in [5, 5.41) is 0.890. The first-order valence-corrected chi connectivity index (χ1v) is 13.5. The minimum atomic E-state index is -1.67. The fraction of sp³-hybridized carbons (Fsp3) is 0.407. The first-order valence-electron chi connectivity index (χ1n) is 12.4. The third-order valence-corrected chi connectivity index (χ3v) is 8.18. The molecule has 196 valence electrons. The molecule has 3 aromatic rings. The lowest BCUT2D eigenvalue weighted by atomic mass is 9.71. The van der Waals surface area contributed by atoms with Crippen molar-refractivity contribution in [3.63, 3.8) is 0 Å². The number of carbonyl (C=O) groups is 2. The highest BCUT2D eigenvalue weighted by atomic mass is 32.2. The molecule has 9 nitrogen and oxygen atoms in total. The van der Waals surface area contributed by atoms with Crippen molar-refractivity contribution < 1.29 is 18.5 Å². The Balaban J connectivity index is 1.34. The average Bonchev–Trinajstić information content (AvgIpc) is 3.21. The summed E-state index contributed by atoms with van der Waals surface area (Å²) < 4.78 is 22.0. The molecule has 0 spiro atoms. The summed E-state index contributed by atoms with van der Waals surface area (Å²) >= 11 is -1.67. The maximum atomic E-state index is 13.6. The van der Waals surface area contributed by atoms with Crippen molar-refractivity contribution in [2.75, 3.05) is 36.8 Å². The molecule has 0 saturated carbocycles. The number of benzene rings is 2. The van der Waals surface area contributed by atoms with Gasteiger partial charge in [-0.25, -0.2) is 18.0 Å².